The van der Waals surface area contributed by atoms with Crippen molar-refractivity contribution in [1.29, 1.82) is 0 Å². The molecule has 6 nitrogen and oxygen atoms in total. The lowest BCUT2D eigenvalue weighted by Crippen LogP contribution is -2.35. The van der Waals surface area contributed by atoms with Crippen LogP contribution < -0.4 is 14.8 Å². The summed E-state index contributed by atoms with van der Waals surface area (Å²) in [7, 11) is 0. The van der Waals surface area contributed by atoms with E-state index in [9.17, 15) is 14.0 Å². The molecule has 0 radical (unpaired) electrons. The van der Waals surface area contributed by atoms with Gasteiger partial charge in [-0.15, -0.1) is 0 Å². The Morgan fingerprint density at radius 1 is 1.23 bits per heavy atom. The Morgan fingerprint density at radius 2 is 2.00 bits per heavy atom. The molecule has 1 N–H and O–H groups in total. The number of hydrogen-bond acceptors (Lipinski definition) is 5. The molecule has 1 heterocycles. The van der Waals surface area contributed by atoms with Crippen LogP contribution in [0, 0.1) is 5.82 Å². The normalized spacial score (nSPS) is 13.2. The highest BCUT2D eigenvalue weighted by molar-refractivity contribution is 6.30. The van der Waals surface area contributed by atoms with Gasteiger partial charge < -0.3 is 19.5 Å². The molecular formula is C18H15ClFNO5. The van der Waals surface area contributed by atoms with Crippen molar-refractivity contribution >= 4 is 23.5 Å². The van der Waals surface area contributed by atoms with Gasteiger partial charge in [-0.05, 0) is 42.8 Å². The number of rotatable bonds is 5. The van der Waals surface area contributed by atoms with Crippen LogP contribution in [0.3, 0.4) is 0 Å². The predicted molar refractivity (Wildman–Crippen MR) is 90.7 cm³/mol. The number of ether oxygens (including phenoxy) is 3. The molecule has 0 saturated heterocycles. The first-order valence-corrected chi connectivity index (χ1v) is 8.14. The number of fused-ring (bicyclic) bond motifs is 1. The van der Waals surface area contributed by atoms with Crippen molar-refractivity contribution in [2.75, 3.05) is 6.79 Å². The van der Waals surface area contributed by atoms with Gasteiger partial charge in [0, 0.05) is 11.6 Å². The van der Waals surface area contributed by atoms with E-state index < -0.39 is 23.8 Å². The summed E-state index contributed by atoms with van der Waals surface area (Å²) in [5.41, 5.74) is 0.509. The van der Waals surface area contributed by atoms with Crippen LogP contribution in [-0.2, 0) is 16.1 Å². The number of esters is 1. The first-order chi connectivity index (χ1) is 12.4. The molecule has 136 valence electrons. The van der Waals surface area contributed by atoms with Gasteiger partial charge in [-0.25, -0.2) is 9.18 Å². The van der Waals surface area contributed by atoms with Crippen molar-refractivity contribution in [2.24, 2.45) is 0 Å². The van der Waals surface area contributed by atoms with Crippen LogP contribution in [0.15, 0.2) is 36.4 Å². The molecule has 2 aromatic rings. The van der Waals surface area contributed by atoms with Gasteiger partial charge >= 0.3 is 5.97 Å². The van der Waals surface area contributed by atoms with Crippen LogP contribution in [0.5, 0.6) is 11.5 Å². The molecule has 2 aromatic carbocycles. The molecule has 1 aliphatic heterocycles. The molecule has 0 saturated carbocycles. The molecule has 1 atom stereocenters. The van der Waals surface area contributed by atoms with Crippen LogP contribution in [-0.4, -0.2) is 24.8 Å². The topological polar surface area (TPSA) is 73.9 Å². The Bertz CT molecular complexity index is 857. The number of hydrogen-bond donors (Lipinski definition) is 1. The van der Waals surface area contributed by atoms with E-state index in [2.05, 4.69) is 5.32 Å². The summed E-state index contributed by atoms with van der Waals surface area (Å²) in [4.78, 5) is 24.1. The molecule has 26 heavy (non-hydrogen) atoms. The summed E-state index contributed by atoms with van der Waals surface area (Å²) < 4.78 is 29.2. The van der Waals surface area contributed by atoms with Crippen LogP contribution in [0.25, 0.3) is 0 Å². The molecule has 1 amide bonds. The standard InChI is InChI=1S/C18H15ClFNO5/c1-10(26-18(23)13-4-3-12(19)7-14(13)20)17(22)21-8-11-2-5-15-16(6-11)25-9-24-15/h2-7,10H,8-9H2,1H3,(H,21,22). The van der Waals surface area contributed by atoms with Crippen molar-refractivity contribution in [1.82, 2.24) is 5.32 Å². The second-order valence-electron chi connectivity index (χ2n) is 5.58. The summed E-state index contributed by atoms with van der Waals surface area (Å²) in [6, 6.07) is 8.86. The highest BCUT2D eigenvalue weighted by Crippen LogP contribution is 2.32. The van der Waals surface area contributed by atoms with Gasteiger partial charge in [0.25, 0.3) is 5.91 Å². The molecule has 0 fully saturated rings. The summed E-state index contributed by atoms with van der Waals surface area (Å²) in [6.07, 6.45) is -1.09. The Morgan fingerprint density at radius 3 is 2.77 bits per heavy atom. The van der Waals surface area contributed by atoms with E-state index in [0.29, 0.717) is 11.5 Å². The lowest BCUT2D eigenvalue weighted by Gasteiger charge is -2.14. The van der Waals surface area contributed by atoms with Gasteiger partial charge in [-0.2, -0.15) is 0 Å². The third-order valence-corrected chi connectivity index (χ3v) is 3.94. The second-order valence-corrected chi connectivity index (χ2v) is 6.01. The lowest BCUT2D eigenvalue weighted by molar-refractivity contribution is -0.129. The lowest BCUT2D eigenvalue weighted by atomic mass is 10.2. The van der Waals surface area contributed by atoms with Crippen LogP contribution in [0.4, 0.5) is 4.39 Å². The third-order valence-electron chi connectivity index (χ3n) is 3.71. The largest absolute Gasteiger partial charge is 0.454 e. The average molecular weight is 380 g/mol. The molecule has 0 bridgehead atoms. The van der Waals surface area contributed by atoms with E-state index in [1.54, 1.807) is 18.2 Å². The Balaban J connectivity index is 1.55. The Kier molecular flexibility index (Phi) is 5.27. The van der Waals surface area contributed by atoms with Crippen molar-refractivity contribution in [3.63, 3.8) is 0 Å². The molecule has 3 rings (SSSR count). The molecule has 0 aliphatic carbocycles. The quantitative estimate of drug-likeness (QED) is 0.808. The summed E-state index contributed by atoms with van der Waals surface area (Å²) >= 11 is 5.64. The van der Waals surface area contributed by atoms with Gasteiger partial charge in [0.15, 0.2) is 17.6 Å². The first-order valence-electron chi connectivity index (χ1n) is 7.76. The van der Waals surface area contributed by atoms with Gasteiger partial charge in [0.2, 0.25) is 6.79 Å². The zero-order valence-electron chi connectivity index (χ0n) is 13.8. The molecule has 1 aliphatic rings. The number of benzene rings is 2. The number of carbonyl (C=O) groups is 2. The number of halogens is 2. The third kappa shape index (κ3) is 4.05. The Labute approximate surface area is 153 Å². The van der Waals surface area contributed by atoms with E-state index in [4.69, 9.17) is 25.8 Å². The number of nitrogens with one attached hydrogen (secondary N) is 1. The van der Waals surface area contributed by atoms with Crippen LogP contribution in [0.2, 0.25) is 5.02 Å². The fourth-order valence-corrected chi connectivity index (χ4v) is 2.48. The monoisotopic (exact) mass is 379 g/mol. The van der Waals surface area contributed by atoms with Crippen LogP contribution in [0.1, 0.15) is 22.8 Å². The van der Waals surface area contributed by atoms with Gasteiger partial charge in [0.1, 0.15) is 5.82 Å². The molecule has 1 unspecified atom stereocenters. The van der Waals surface area contributed by atoms with E-state index in [-0.39, 0.29) is 23.9 Å². The zero-order valence-corrected chi connectivity index (χ0v) is 14.5. The van der Waals surface area contributed by atoms with Crippen molar-refractivity contribution in [3.05, 3.63) is 58.4 Å². The molecule has 8 heteroatoms. The highest BCUT2D eigenvalue weighted by Gasteiger charge is 2.21. The zero-order chi connectivity index (χ0) is 18.7. The number of amides is 1. The number of carbonyl (C=O) groups excluding carboxylic acids is 2. The van der Waals surface area contributed by atoms with Crippen molar-refractivity contribution in [2.45, 2.75) is 19.6 Å². The summed E-state index contributed by atoms with van der Waals surface area (Å²) in [6.45, 7) is 1.78. The van der Waals surface area contributed by atoms with E-state index in [1.165, 1.54) is 19.1 Å². The molecule has 0 spiro atoms. The van der Waals surface area contributed by atoms with Crippen molar-refractivity contribution < 1.29 is 28.2 Å². The smallest absolute Gasteiger partial charge is 0.341 e. The fraction of sp³-hybridized carbons (Fsp3) is 0.222. The maximum Gasteiger partial charge on any atom is 0.341 e. The fourth-order valence-electron chi connectivity index (χ4n) is 2.32. The Hall–Kier alpha value is -2.80. The second kappa shape index (κ2) is 7.61. The minimum Gasteiger partial charge on any atom is -0.454 e. The van der Waals surface area contributed by atoms with Gasteiger partial charge in [-0.1, -0.05) is 17.7 Å². The minimum atomic E-state index is -1.09. The van der Waals surface area contributed by atoms with Gasteiger partial charge in [-0.3, -0.25) is 4.79 Å². The van der Waals surface area contributed by atoms with Crippen molar-refractivity contribution in [3.8, 4) is 11.5 Å². The SMILES string of the molecule is CC(OC(=O)c1ccc(Cl)cc1F)C(=O)NCc1ccc2c(c1)OCO2. The summed E-state index contributed by atoms with van der Waals surface area (Å²) in [5, 5.41) is 2.80. The minimum absolute atomic E-state index is 0.161. The highest BCUT2D eigenvalue weighted by atomic mass is 35.5. The average Bonchev–Trinajstić information content (AvgIpc) is 3.07. The maximum absolute atomic E-state index is 13.7. The van der Waals surface area contributed by atoms with E-state index >= 15 is 0 Å². The summed E-state index contributed by atoms with van der Waals surface area (Å²) in [5.74, 6) is -1.01. The molecular weight excluding hydrogens is 365 g/mol. The van der Waals surface area contributed by atoms with E-state index in [0.717, 1.165) is 11.6 Å². The van der Waals surface area contributed by atoms with E-state index in [1.807, 2.05) is 0 Å². The molecule has 0 aromatic heterocycles. The van der Waals surface area contributed by atoms with Crippen LogP contribution >= 0.6 is 11.6 Å². The van der Waals surface area contributed by atoms with Gasteiger partial charge in [0.05, 0.1) is 5.56 Å². The maximum atomic E-state index is 13.7. The first kappa shape index (κ1) is 18.0. The predicted octanol–water partition coefficient (Wildman–Crippen LogP) is 3.07.